The number of carbonyl (C=O) groups is 2. The summed E-state index contributed by atoms with van der Waals surface area (Å²) in [7, 11) is 0. The van der Waals surface area contributed by atoms with E-state index in [0.29, 0.717) is 11.1 Å². The number of hydrogen-bond acceptors (Lipinski definition) is 4. The van der Waals surface area contributed by atoms with E-state index in [-0.39, 0.29) is 13.2 Å². The molecular weight excluding hydrogens is 413 g/mol. The van der Waals surface area contributed by atoms with E-state index in [9.17, 15) is 31.5 Å². The molecule has 0 aliphatic carbocycles. The van der Waals surface area contributed by atoms with Crippen molar-refractivity contribution in [2.24, 2.45) is 0 Å². The van der Waals surface area contributed by atoms with E-state index in [1.54, 1.807) is 37.3 Å². The highest BCUT2D eigenvalue weighted by Gasteiger charge is 2.37. The van der Waals surface area contributed by atoms with Gasteiger partial charge in [-0.25, -0.2) is 22.8 Å². The molecule has 0 fully saturated rings. The molecule has 10 heteroatoms. The molecule has 0 spiro atoms. The van der Waals surface area contributed by atoms with Crippen molar-refractivity contribution in [2.45, 2.75) is 19.6 Å². The maximum Gasteiger partial charge on any atom is 0.411 e. The first-order valence-corrected chi connectivity index (χ1v) is 8.58. The van der Waals surface area contributed by atoms with Crippen molar-refractivity contribution in [1.29, 1.82) is 0 Å². The van der Waals surface area contributed by atoms with Gasteiger partial charge >= 0.3 is 12.1 Å². The van der Waals surface area contributed by atoms with E-state index in [1.807, 2.05) is 0 Å². The summed E-state index contributed by atoms with van der Waals surface area (Å²) in [5.41, 5.74) is 1.21. The van der Waals surface area contributed by atoms with Crippen molar-refractivity contribution >= 4 is 12.1 Å². The molecule has 3 rings (SSSR count). The van der Waals surface area contributed by atoms with Gasteiger partial charge in [-0.2, -0.15) is 8.78 Å². The molecule has 1 amide bonds. The molecule has 1 heterocycles. The molecular formula is C20H14F5NO4. The maximum atomic E-state index is 13.8. The van der Waals surface area contributed by atoms with E-state index in [2.05, 4.69) is 4.74 Å². The second kappa shape index (κ2) is 8.52. The molecule has 1 atom stereocenters. The van der Waals surface area contributed by atoms with E-state index in [1.165, 1.54) is 6.08 Å². The summed E-state index contributed by atoms with van der Waals surface area (Å²) < 4.78 is 76.9. The lowest BCUT2D eigenvalue weighted by Gasteiger charge is -2.23. The third-order valence-electron chi connectivity index (χ3n) is 4.25. The van der Waals surface area contributed by atoms with Crippen LogP contribution in [0.4, 0.5) is 26.7 Å². The second-order valence-corrected chi connectivity index (χ2v) is 6.45. The Balaban J connectivity index is 1.77. The van der Waals surface area contributed by atoms with Crippen molar-refractivity contribution in [3.05, 3.63) is 76.6 Å². The van der Waals surface area contributed by atoms with Crippen LogP contribution in [0.3, 0.4) is 0 Å². The lowest BCUT2D eigenvalue weighted by atomic mass is 10.2. The first-order valence-electron chi connectivity index (χ1n) is 8.58. The topological polar surface area (TPSA) is 55.8 Å². The zero-order valence-corrected chi connectivity index (χ0v) is 15.4. The van der Waals surface area contributed by atoms with Crippen molar-refractivity contribution in [3.8, 4) is 5.75 Å². The van der Waals surface area contributed by atoms with Crippen LogP contribution in [0.25, 0.3) is 0 Å². The fraction of sp³-hybridized carbons (Fsp3) is 0.200. The maximum absolute atomic E-state index is 13.8. The van der Waals surface area contributed by atoms with Gasteiger partial charge in [-0.05, 0) is 12.5 Å². The molecule has 158 valence electrons. The van der Waals surface area contributed by atoms with E-state index >= 15 is 0 Å². The molecule has 0 saturated heterocycles. The number of benzene rings is 2. The summed E-state index contributed by atoms with van der Waals surface area (Å²) in [6.07, 6.45) is 0.337. The number of hydrogen-bond donors (Lipinski definition) is 0. The first kappa shape index (κ1) is 21.3. The van der Waals surface area contributed by atoms with E-state index < -0.39 is 52.9 Å². The number of amides is 1. The van der Waals surface area contributed by atoms with Gasteiger partial charge in [-0.1, -0.05) is 42.0 Å². The van der Waals surface area contributed by atoms with Crippen LogP contribution < -0.4 is 4.74 Å². The Bertz CT molecular complexity index is 997. The van der Waals surface area contributed by atoms with Gasteiger partial charge in [0.1, 0.15) is 6.61 Å². The Morgan fingerprint density at radius 3 is 2.13 bits per heavy atom. The summed E-state index contributed by atoms with van der Waals surface area (Å²) in [6.45, 7) is 1.42. The molecule has 1 aliphatic rings. The Hall–Kier alpha value is -3.43. The second-order valence-electron chi connectivity index (χ2n) is 6.45. The number of ether oxygens (including phenoxy) is 2. The Kier molecular flexibility index (Phi) is 6.04. The molecule has 0 N–H and O–H groups in total. The highest BCUT2D eigenvalue weighted by Crippen LogP contribution is 2.30. The lowest BCUT2D eigenvalue weighted by Crippen LogP contribution is -2.43. The van der Waals surface area contributed by atoms with Gasteiger partial charge in [0.15, 0.2) is 6.04 Å². The van der Waals surface area contributed by atoms with Crippen LogP contribution in [0.15, 0.2) is 42.0 Å². The van der Waals surface area contributed by atoms with Crippen LogP contribution in [0, 0.1) is 29.1 Å². The lowest BCUT2D eigenvalue weighted by molar-refractivity contribution is -0.138. The van der Waals surface area contributed by atoms with Crippen LogP contribution in [-0.2, 0) is 16.1 Å². The number of carbonyl (C=O) groups excluding carboxylic acids is 2. The summed E-state index contributed by atoms with van der Waals surface area (Å²) >= 11 is 0. The molecule has 0 bridgehead atoms. The molecule has 5 nitrogen and oxygen atoms in total. The molecule has 0 radical (unpaired) electrons. The van der Waals surface area contributed by atoms with Crippen LogP contribution in [0.1, 0.15) is 12.5 Å². The average molecular weight is 427 g/mol. The van der Waals surface area contributed by atoms with Crippen molar-refractivity contribution in [1.82, 2.24) is 4.90 Å². The number of halogens is 5. The third-order valence-corrected chi connectivity index (χ3v) is 4.25. The van der Waals surface area contributed by atoms with Crippen LogP contribution in [0.5, 0.6) is 5.75 Å². The van der Waals surface area contributed by atoms with Gasteiger partial charge in [-0.15, -0.1) is 0 Å². The number of rotatable bonds is 4. The standard InChI is InChI=1S/C20H14F5NO4/c1-10-7-12(26(8-10)20(28)29-9-11-5-3-2-4-6-11)19(27)30-18-16(24)14(22)13(21)15(23)17(18)25/h2-7,12H,8-9H2,1H3/t12-/m0/s1. The van der Waals surface area contributed by atoms with Gasteiger partial charge < -0.3 is 9.47 Å². The van der Waals surface area contributed by atoms with Gasteiger partial charge in [0.05, 0.1) is 0 Å². The summed E-state index contributed by atoms with van der Waals surface area (Å²) in [5, 5.41) is 0. The molecule has 0 aromatic heterocycles. The smallest absolute Gasteiger partial charge is 0.411 e. The summed E-state index contributed by atoms with van der Waals surface area (Å²) in [6, 6.07) is 7.17. The third kappa shape index (κ3) is 4.12. The Labute approximate surface area is 167 Å². The number of nitrogens with zero attached hydrogens (tertiary/aromatic N) is 1. The fourth-order valence-corrected chi connectivity index (χ4v) is 2.79. The Morgan fingerprint density at radius 2 is 1.53 bits per heavy atom. The highest BCUT2D eigenvalue weighted by atomic mass is 19.2. The van der Waals surface area contributed by atoms with Gasteiger partial charge in [0.2, 0.25) is 34.8 Å². The van der Waals surface area contributed by atoms with E-state index in [4.69, 9.17) is 4.74 Å². The predicted octanol–water partition coefficient (Wildman–Crippen LogP) is 4.25. The molecule has 0 unspecified atom stereocenters. The molecule has 2 aromatic carbocycles. The molecule has 2 aromatic rings. The Morgan fingerprint density at radius 1 is 0.967 bits per heavy atom. The van der Waals surface area contributed by atoms with Gasteiger partial charge in [0.25, 0.3) is 0 Å². The molecule has 0 saturated carbocycles. The van der Waals surface area contributed by atoms with Crippen LogP contribution in [-0.4, -0.2) is 29.5 Å². The summed E-state index contributed by atoms with van der Waals surface area (Å²) in [5.74, 6) is -14.6. The zero-order chi connectivity index (χ0) is 22.0. The van der Waals surface area contributed by atoms with Crippen LogP contribution in [0.2, 0.25) is 0 Å². The largest absolute Gasteiger partial charge is 0.445 e. The quantitative estimate of drug-likeness (QED) is 0.183. The highest BCUT2D eigenvalue weighted by molar-refractivity contribution is 5.86. The minimum absolute atomic E-state index is 0.0511. The average Bonchev–Trinajstić information content (AvgIpc) is 3.14. The van der Waals surface area contributed by atoms with Gasteiger partial charge in [0, 0.05) is 6.54 Å². The molecule has 30 heavy (non-hydrogen) atoms. The summed E-state index contributed by atoms with van der Waals surface area (Å²) in [4.78, 5) is 25.6. The van der Waals surface area contributed by atoms with E-state index in [0.717, 1.165) is 4.90 Å². The minimum Gasteiger partial charge on any atom is -0.445 e. The van der Waals surface area contributed by atoms with Crippen molar-refractivity contribution in [2.75, 3.05) is 6.54 Å². The van der Waals surface area contributed by atoms with Crippen molar-refractivity contribution < 1.29 is 41.0 Å². The SMILES string of the molecule is CC1=C[C@@H](C(=O)Oc2c(F)c(F)c(F)c(F)c2F)N(C(=O)OCc2ccccc2)C1. The van der Waals surface area contributed by atoms with Crippen molar-refractivity contribution in [3.63, 3.8) is 0 Å². The monoisotopic (exact) mass is 427 g/mol. The zero-order valence-electron chi connectivity index (χ0n) is 15.4. The molecule has 1 aliphatic heterocycles. The van der Waals surface area contributed by atoms with Gasteiger partial charge in [-0.3, -0.25) is 4.90 Å². The predicted molar refractivity (Wildman–Crippen MR) is 92.7 cm³/mol. The normalized spacial score (nSPS) is 15.7. The van der Waals surface area contributed by atoms with Crippen LogP contribution >= 0.6 is 0 Å². The number of esters is 1. The fourth-order valence-electron chi connectivity index (χ4n) is 2.79. The first-order chi connectivity index (χ1) is 14.2. The minimum atomic E-state index is -2.38.